The second-order valence-corrected chi connectivity index (χ2v) is 17.4. The molecular formula is C5H6BrFI2O4P2S2. The molecule has 0 spiro atoms. The zero-order valence-electron chi connectivity index (χ0n) is 7.80. The minimum atomic E-state index is -2.35. The van der Waals surface area contributed by atoms with Crippen molar-refractivity contribution in [2.24, 2.45) is 0 Å². The van der Waals surface area contributed by atoms with Crippen LogP contribution in [0.1, 0.15) is 0 Å². The molecule has 1 saturated heterocycles. The van der Waals surface area contributed by atoms with E-state index in [-0.39, 0.29) is 6.61 Å². The number of hydrogen-bond acceptors (Lipinski definition) is 4. The Kier molecular flexibility index (Phi) is 8.12. The number of ether oxygens (including phenoxy) is 1. The van der Waals surface area contributed by atoms with E-state index in [2.05, 4.69) is 31.6 Å². The van der Waals surface area contributed by atoms with Gasteiger partial charge in [0.15, 0.2) is 0 Å². The molecule has 100 valence electrons. The summed E-state index contributed by atoms with van der Waals surface area (Å²) in [5, 5.41) is 0. The van der Waals surface area contributed by atoms with E-state index in [0.717, 1.165) is 0 Å². The maximum atomic E-state index is 14.0. The van der Waals surface area contributed by atoms with Crippen molar-refractivity contribution in [1.29, 1.82) is 0 Å². The first-order valence-electron chi connectivity index (χ1n) is 3.93. The molecule has 0 aromatic rings. The molecule has 0 saturated carbocycles. The van der Waals surface area contributed by atoms with Crippen molar-refractivity contribution >= 4 is 94.6 Å². The van der Waals surface area contributed by atoms with Gasteiger partial charge in [-0.25, -0.2) is 0 Å². The predicted octanol–water partition coefficient (Wildman–Crippen LogP) is 4.56. The molecule has 1 heterocycles. The number of rotatable bonds is 3. The van der Waals surface area contributed by atoms with E-state index in [1.807, 2.05) is 42.4 Å². The summed E-state index contributed by atoms with van der Waals surface area (Å²) in [6.45, 7) is 0.0411. The van der Waals surface area contributed by atoms with Crippen LogP contribution in [0.2, 0.25) is 0 Å². The summed E-state index contributed by atoms with van der Waals surface area (Å²) in [5.74, 6) is -1.00. The fourth-order valence-corrected chi connectivity index (χ4v) is 4.20. The SMILES string of the molecule is O=C1O[C@H](CO[SH](#P)I)[C@@H](O[SH](#P)I)[C@]1(F)Br. The van der Waals surface area contributed by atoms with E-state index in [4.69, 9.17) is 13.1 Å². The molecule has 0 bridgehead atoms. The van der Waals surface area contributed by atoms with Gasteiger partial charge in [0.2, 0.25) is 0 Å². The maximum absolute atomic E-state index is 14.0. The second-order valence-electron chi connectivity index (χ2n) is 2.84. The monoisotopic (exact) mass is 608 g/mol. The van der Waals surface area contributed by atoms with Crippen LogP contribution in [0.3, 0.4) is 0 Å². The Labute approximate surface area is 138 Å². The van der Waals surface area contributed by atoms with E-state index >= 15 is 0 Å². The van der Waals surface area contributed by atoms with E-state index in [9.17, 15) is 9.18 Å². The normalized spacial score (nSPS) is 36.5. The number of esters is 1. The van der Waals surface area contributed by atoms with E-state index in [1.165, 1.54) is 0 Å². The summed E-state index contributed by atoms with van der Waals surface area (Å²) in [6.07, 6.45) is -1.87. The van der Waals surface area contributed by atoms with Crippen molar-refractivity contribution in [2.75, 3.05) is 6.61 Å². The molecule has 0 aromatic carbocycles. The van der Waals surface area contributed by atoms with E-state index < -0.39 is 37.4 Å². The molecule has 2 unspecified atom stereocenters. The van der Waals surface area contributed by atoms with Gasteiger partial charge < -0.3 is 0 Å². The van der Waals surface area contributed by atoms with Crippen LogP contribution in [0.25, 0.3) is 0 Å². The Hall–Kier alpha value is 2.82. The standard InChI is InChI=1S/C5H6BrFI2O4P2S2/c6-5(7)3(13-17(9)15)2(12-4(5)10)1-11-16(8)14/h2-3,16-17H,1H2/t2-,3-,5-/m1/s1. The molecule has 4 nitrogen and oxygen atoms in total. The molecule has 0 radical (unpaired) electrons. The fourth-order valence-electron chi connectivity index (χ4n) is 1.11. The predicted molar refractivity (Wildman–Crippen MR) is 93.3 cm³/mol. The molecule has 1 aliphatic rings. The van der Waals surface area contributed by atoms with Crippen LogP contribution in [0.15, 0.2) is 0 Å². The molecule has 17 heavy (non-hydrogen) atoms. The van der Waals surface area contributed by atoms with Crippen LogP contribution in [0, 0.1) is 0 Å². The second kappa shape index (κ2) is 7.72. The molecular weight excluding hydrogens is 603 g/mol. The number of halogens is 4. The summed E-state index contributed by atoms with van der Waals surface area (Å²) in [6, 6.07) is 0. The molecule has 0 N–H and O–H groups in total. The van der Waals surface area contributed by atoms with Crippen molar-refractivity contribution in [1.82, 2.24) is 0 Å². The molecule has 1 rings (SSSR count). The first-order valence-corrected chi connectivity index (χ1v) is 15.1. The van der Waals surface area contributed by atoms with Gasteiger partial charge in [0.25, 0.3) is 0 Å². The summed E-state index contributed by atoms with van der Waals surface area (Å²) in [5.41, 5.74) is 0. The van der Waals surface area contributed by atoms with Crippen LogP contribution in [-0.2, 0) is 17.9 Å². The zero-order chi connectivity index (χ0) is 13.2. The van der Waals surface area contributed by atoms with Gasteiger partial charge in [0.1, 0.15) is 0 Å². The number of carbonyl (C=O) groups is 1. The van der Waals surface area contributed by atoms with Gasteiger partial charge in [-0.1, -0.05) is 0 Å². The van der Waals surface area contributed by atoms with Gasteiger partial charge in [0.05, 0.1) is 0 Å². The zero-order valence-corrected chi connectivity index (χ0v) is 17.3. The third kappa shape index (κ3) is 5.26. The quantitative estimate of drug-likeness (QED) is 0.162. The van der Waals surface area contributed by atoms with E-state index in [1.54, 1.807) is 0 Å². The molecule has 0 amide bonds. The molecule has 5 atom stereocenters. The average molecular weight is 609 g/mol. The van der Waals surface area contributed by atoms with Crippen LogP contribution in [0.5, 0.6) is 0 Å². The first kappa shape index (κ1) is 17.9. The van der Waals surface area contributed by atoms with Gasteiger partial charge >= 0.3 is 140 Å². The fraction of sp³-hybridized carbons (Fsp3) is 0.800. The van der Waals surface area contributed by atoms with Crippen LogP contribution in [-0.4, -0.2) is 29.4 Å². The van der Waals surface area contributed by atoms with E-state index in [0.29, 0.717) is 0 Å². The number of cyclic esters (lactones) is 1. The van der Waals surface area contributed by atoms with Gasteiger partial charge in [-0.3, -0.25) is 0 Å². The summed E-state index contributed by atoms with van der Waals surface area (Å²) >= 11 is 6.58. The van der Waals surface area contributed by atoms with Crippen LogP contribution < -0.4 is 0 Å². The van der Waals surface area contributed by atoms with Gasteiger partial charge in [-0.2, -0.15) is 0 Å². The Balaban J connectivity index is 2.80. The minimum absolute atomic E-state index is 0.0411. The Bertz CT molecular complexity index is 460. The van der Waals surface area contributed by atoms with Gasteiger partial charge in [0, 0.05) is 0 Å². The third-order valence-corrected chi connectivity index (χ3v) is 5.46. The van der Waals surface area contributed by atoms with Crippen molar-refractivity contribution < 1.29 is 22.3 Å². The van der Waals surface area contributed by atoms with Crippen molar-refractivity contribution in [3.63, 3.8) is 0 Å². The van der Waals surface area contributed by atoms with Crippen molar-refractivity contribution in [2.45, 2.75) is 16.8 Å². The third-order valence-electron chi connectivity index (χ3n) is 1.77. The molecule has 0 aliphatic carbocycles. The Morgan fingerprint density at radius 2 is 2.12 bits per heavy atom. The Morgan fingerprint density at radius 1 is 1.53 bits per heavy atom. The van der Waals surface area contributed by atoms with Gasteiger partial charge in [-0.15, -0.1) is 0 Å². The summed E-state index contributed by atoms with van der Waals surface area (Å²) in [7, 11) is 6.03. The average Bonchev–Trinajstić information content (AvgIpc) is 2.38. The van der Waals surface area contributed by atoms with Gasteiger partial charge in [-0.05, 0) is 0 Å². The number of alkyl halides is 2. The summed E-state index contributed by atoms with van der Waals surface area (Å²) in [4.78, 5) is 11.3. The van der Waals surface area contributed by atoms with Crippen LogP contribution in [0.4, 0.5) is 4.39 Å². The van der Waals surface area contributed by atoms with Crippen molar-refractivity contribution in [3.8, 4) is 0 Å². The summed E-state index contributed by atoms with van der Waals surface area (Å²) < 4.78 is 27.1. The first-order chi connectivity index (χ1) is 7.75. The number of hydrogen-bond donors (Lipinski definition) is 2. The topological polar surface area (TPSA) is 44.8 Å². The Morgan fingerprint density at radius 3 is 2.59 bits per heavy atom. The van der Waals surface area contributed by atoms with Crippen LogP contribution >= 0.6 is 88.6 Å². The molecule has 0 aromatic heterocycles. The number of thiol groups is 2. The molecule has 1 aliphatic heterocycles. The van der Waals surface area contributed by atoms with Crippen molar-refractivity contribution in [3.05, 3.63) is 0 Å². The molecule has 1 fully saturated rings. The number of carbonyl (C=O) groups excluding carboxylic acids is 1. The molecule has 12 heteroatoms.